The largest absolute Gasteiger partial charge is 0.494 e. The molecule has 1 heterocycles. The molecule has 0 unspecified atom stereocenters. The van der Waals surface area contributed by atoms with Crippen LogP contribution in [0.1, 0.15) is 5.69 Å². The molecule has 0 aliphatic rings. The fourth-order valence-corrected chi connectivity index (χ4v) is 2.70. The van der Waals surface area contributed by atoms with Gasteiger partial charge in [-0.05, 0) is 40.7 Å². The van der Waals surface area contributed by atoms with E-state index in [0.29, 0.717) is 24.2 Å². The maximum atomic E-state index is 13.7. The summed E-state index contributed by atoms with van der Waals surface area (Å²) in [5.41, 5.74) is 7.96. The molecule has 0 aliphatic carbocycles. The Bertz CT molecular complexity index is 598. The van der Waals surface area contributed by atoms with Gasteiger partial charge in [0.2, 0.25) is 0 Å². The molecule has 1 aromatic carbocycles. The highest BCUT2D eigenvalue weighted by Crippen LogP contribution is 2.32. The van der Waals surface area contributed by atoms with Gasteiger partial charge < -0.3 is 10.5 Å². The van der Waals surface area contributed by atoms with Gasteiger partial charge in [0.05, 0.1) is 17.3 Å². The average Bonchev–Trinajstić information content (AvgIpc) is 2.67. The normalized spacial score (nSPS) is 10.8. The number of methoxy groups -OCH3 is 1. The highest BCUT2D eigenvalue weighted by atomic mass is 79.9. The third kappa shape index (κ3) is 2.64. The average molecular weight is 328 g/mol. The van der Waals surface area contributed by atoms with E-state index in [1.54, 1.807) is 16.8 Å². The van der Waals surface area contributed by atoms with Crippen molar-refractivity contribution in [3.63, 3.8) is 0 Å². The number of hydrogen-bond acceptors (Lipinski definition) is 3. The van der Waals surface area contributed by atoms with Crippen LogP contribution in [-0.4, -0.2) is 23.4 Å². The van der Waals surface area contributed by atoms with Crippen LogP contribution in [0, 0.1) is 5.82 Å². The van der Waals surface area contributed by atoms with Crippen molar-refractivity contribution in [2.45, 2.75) is 6.42 Å². The van der Waals surface area contributed by atoms with Crippen molar-refractivity contribution in [1.29, 1.82) is 0 Å². The summed E-state index contributed by atoms with van der Waals surface area (Å²) in [6, 6.07) is 4.79. The Hall–Kier alpha value is -1.40. The Kier molecular flexibility index (Phi) is 4.21. The minimum atomic E-state index is -0.405. The second kappa shape index (κ2) is 5.71. The summed E-state index contributed by atoms with van der Waals surface area (Å²) >= 11 is 3.51. The van der Waals surface area contributed by atoms with E-state index in [1.807, 2.05) is 7.05 Å². The van der Waals surface area contributed by atoms with Crippen molar-refractivity contribution in [2.24, 2.45) is 12.8 Å². The summed E-state index contributed by atoms with van der Waals surface area (Å²) in [6.45, 7) is 0.536. The van der Waals surface area contributed by atoms with Gasteiger partial charge in [0.25, 0.3) is 0 Å². The molecule has 0 amide bonds. The lowest BCUT2D eigenvalue weighted by molar-refractivity contribution is 0.386. The second-order valence-electron chi connectivity index (χ2n) is 4.12. The van der Waals surface area contributed by atoms with E-state index in [0.717, 1.165) is 10.2 Å². The number of ether oxygens (including phenoxy) is 1. The fourth-order valence-electron chi connectivity index (χ4n) is 1.94. The smallest absolute Gasteiger partial charge is 0.165 e. The molecular weight excluding hydrogens is 313 g/mol. The first-order chi connectivity index (χ1) is 9.08. The van der Waals surface area contributed by atoms with Gasteiger partial charge in [0, 0.05) is 19.0 Å². The molecule has 6 heteroatoms. The van der Waals surface area contributed by atoms with Crippen LogP contribution in [0.15, 0.2) is 22.7 Å². The Labute approximate surface area is 119 Å². The van der Waals surface area contributed by atoms with Crippen LogP contribution in [0.5, 0.6) is 5.75 Å². The van der Waals surface area contributed by atoms with E-state index in [1.165, 1.54) is 13.2 Å². The summed E-state index contributed by atoms with van der Waals surface area (Å²) in [4.78, 5) is 0. The zero-order valence-electron chi connectivity index (χ0n) is 10.8. The minimum Gasteiger partial charge on any atom is -0.494 e. The first-order valence-electron chi connectivity index (χ1n) is 5.83. The molecule has 0 saturated heterocycles. The Morgan fingerprint density at radius 1 is 1.47 bits per heavy atom. The minimum absolute atomic E-state index is 0.220. The molecule has 0 bridgehead atoms. The molecule has 2 aromatic rings. The molecule has 19 heavy (non-hydrogen) atoms. The van der Waals surface area contributed by atoms with Crippen molar-refractivity contribution in [2.75, 3.05) is 13.7 Å². The van der Waals surface area contributed by atoms with E-state index in [9.17, 15) is 4.39 Å². The molecule has 4 nitrogen and oxygen atoms in total. The summed E-state index contributed by atoms with van der Waals surface area (Å²) in [6.07, 6.45) is 0.711. The first-order valence-corrected chi connectivity index (χ1v) is 6.63. The molecule has 0 aliphatic heterocycles. The zero-order chi connectivity index (χ0) is 14.0. The van der Waals surface area contributed by atoms with Gasteiger partial charge in [-0.15, -0.1) is 0 Å². The summed E-state index contributed by atoms with van der Waals surface area (Å²) in [5, 5.41) is 4.40. The van der Waals surface area contributed by atoms with Crippen LogP contribution in [0.25, 0.3) is 11.3 Å². The monoisotopic (exact) mass is 327 g/mol. The van der Waals surface area contributed by atoms with Crippen LogP contribution in [-0.2, 0) is 13.5 Å². The van der Waals surface area contributed by atoms with Crippen LogP contribution in [0.2, 0.25) is 0 Å². The van der Waals surface area contributed by atoms with Gasteiger partial charge in [-0.25, -0.2) is 4.39 Å². The molecule has 2 N–H and O–H groups in total. The number of benzene rings is 1. The number of nitrogens with zero attached hydrogens (tertiary/aromatic N) is 2. The lowest BCUT2D eigenvalue weighted by atomic mass is 10.1. The maximum Gasteiger partial charge on any atom is 0.165 e. The van der Waals surface area contributed by atoms with Gasteiger partial charge in [0.1, 0.15) is 5.69 Å². The highest BCUT2D eigenvalue weighted by molar-refractivity contribution is 9.10. The summed E-state index contributed by atoms with van der Waals surface area (Å²) in [7, 11) is 3.28. The number of halogens is 2. The zero-order valence-corrected chi connectivity index (χ0v) is 12.4. The molecule has 0 saturated carbocycles. The van der Waals surface area contributed by atoms with Gasteiger partial charge in [-0.1, -0.05) is 0 Å². The van der Waals surface area contributed by atoms with Gasteiger partial charge in [-0.2, -0.15) is 5.10 Å². The van der Waals surface area contributed by atoms with E-state index in [4.69, 9.17) is 10.5 Å². The highest BCUT2D eigenvalue weighted by Gasteiger charge is 2.16. The number of rotatable bonds is 4. The molecule has 2 rings (SSSR count). The third-order valence-corrected chi connectivity index (χ3v) is 3.74. The van der Waals surface area contributed by atoms with Crippen molar-refractivity contribution < 1.29 is 9.13 Å². The maximum absolute atomic E-state index is 13.7. The molecule has 0 spiro atoms. The topological polar surface area (TPSA) is 53.1 Å². The molecule has 0 radical (unpaired) electrons. The number of aryl methyl sites for hydroxylation is 1. The summed E-state index contributed by atoms with van der Waals surface area (Å²) in [5.74, 6) is -0.184. The van der Waals surface area contributed by atoms with E-state index >= 15 is 0 Å². The van der Waals surface area contributed by atoms with Crippen LogP contribution < -0.4 is 10.5 Å². The Morgan fingerprint density at radius 2 is 2.21 bits per heavy atom. The van der Waals surface area contributed by atoms with Crippen LogP contribution in [0.4, 0.5) is 4.39 Å². The predicted molar refractivity (Wildman–Crippen MR) is 75.6 cm³/mol. The molecule has 0 atom stereocenters. The van der Waals surface area contributed by atoms with E-state index in [2.05, 4.69) is 21.0 Å². The molecule has 0 fully saturated rings. The number of aromatic nitrogens is 2. The van der Waals surface area contributed by atoms with E-state index in [-0.39, 0.29) is 5.75 Å². The van der Waals surface area contributed by atoms with Gasteiger partial charge >= 0.3 is 0 Å². The molecule has 1 aromatic heterocycles. The van der Waals surface area contributed by atoms with Gasteiger partial charge in [0.15, 0.2) is 11.6 Å². The lowest BCUT2D eigenvalue weighted by Gasteiger charge is -2.03. The fraction of sp³-hybridized carbons (Fsp3) is 0.308. The number of hydrogen-bond donors (Lipinski definition) is 1. The van der Waals surface area contributed by atoms with Crippen molar-refractivity contribution in [3.8, 4) is 17.0 Å². The Balaban J connectivity index is 2.47. The Morgan fingerprint density at radius 3 is 2.79 bits per heavy atom. The number of nitrogens with two attached hydrogens (primary N) is 1. The SMILES string of the molecule is COc1ccc(-c2nn(C)c(CCN)c2Br)cc1F. The molecular formula is C13H15BrFN3O. The third-order valence-electron chi connectivity index (χ3n) is 2.91. The van der Waals surface area contributed by atoms with E-state index < -0.39 is 5.82 Å². The quantitative estimate of drug-likeness (QED) is 0.938. The van der Waals surface area contributed by atoms with Gasteiger partial charge in [-0.3, -0.25) is 4.68 Å². The van der Waals surface area contributed by atoms with Crippen LogP contribution >= 0.6 is 15.9 Å². The van der Waals surface area contributed by atoms with Crippen molar-refractivity contribution >= 4 is 15.9 Å². The van der Waals surface area contributed by atoms with Crippen molar-refractivity contribution in [1.82, 2.24) is 9.78 Å². The predicted octanol–water partition coefficient (Wildman–Crippen LogP) is 2.50. The van der Waals surface area contributed by atoms with Crippen molar-refractivity contribution in [3.05, 3.63) is 34.2 Å². The lowest BCUT2D eigenvalue weighted by Crippen LogP contribution is -2.07. The summed E-state index contributed by atoms with van der Waals surface area (Å²) < 4.78 is 21.2. The molecule has 102 valence electrons. The second-order valence-corrected chi connectivity index (χ2v) is 4.91. The standard InChI is InChI=1S/C13H15BrFN3O/c1-18-10(5-6-16)12(14)13(17-18)8-3-4-11(19-2)9(15)7-8/h3-4,7H,5-6,16H2,1-2H3. The first kappa shape index (κ1) is 14.0. The van der Waals surface area contributed by atoms with Crippen LogP contribution in [0.3, 0.4) is 0 Å².